The van der Waals surface area contributed by atoms with Crippen molar-refractivity contribution in [3.8, 4) is 11.5 Å². The van der Waals surface area contributed by atoms with E-state index in [0.29, 0.717) is 39.8 Å². The zero-order valence-electron chi connectivity index (χ0n) is 21.7. The summed E-state index contributed by atoms with van der Waals surface area (Å²) in [6.07, 6.45) is 5.97. The highest BCUT2D eigenvalue weighted by molar-refractivity contribution is 7.18. The molecule has 0 aliphatic carbocycles. The number of pyridine rings is 1. The summed E-state index contributed by atoms with van der Waals surface area (Å²) < 4.78 is 11.5. The molecule has 2 aromatic heterocycles. The number of methoxy groups -OCH3 is 1. The number of carbonyl (C=O) groups is 3. The molecule has 1 aliphatic heterocycles. The highest BCUT2D eigenvalue weighted by atomic mass is 32.1. The number of hydrogen-bond acceptors (Lipinski definition) is 9. The maximum Gasteiger partial charge on any atom is 0.301 e. The molecule has 9 nitrogen and oxygen atoms in total. The Balaban J connectivity index is 1.86. The van der Waals surface area contributed by atoms with Crippen LogP contribution in [0.15, 0.2) is 48.3 Å². The van der Waals surface area contributed by atoms with Gasteiger partial charge < -0.3 is 14.6 Å². The largest absolute Gasteiger partial charge is 0.507 e. The summed E-state index contributed by atoms with van der Waals surface area (Å²) in [5, 5.41) is 11.4. The van der Waals surface area contributed by atoms with Crippen LogP contribution in [0.25, 0.3) is 5.76 Å². The second kappa shape index (κ2) is 11.6. The number of aryl methyl sites for hydroxylation is 1. The highest BCUT2D eigenvalue weighted by Gasteiger charge is 2.48. The predicted octanol–water partition coefficient (Wildman–Crippen LogP) is 5.25. The average Bonchev–Trinajstić information content (AvgIpc) is 3.43. The van der Waals surface area contributed by atoms with Gasteiger partial charge in [0.1, 0.15) is 5.76 Å². The van der Waals surface area contributed by atoms with Crippen LogP contribution in [-0.4, -0.2) is 46.3 Å². The molecular formula is C28H29N3O6S. The molecule has 1 aliphatic rings. The number of unbranched alkanes of at least 4 members (excludes halogenated alkanes) is 2. The second-order valence-electron chi connectivity index (χ2n) is 8.84. The number of ether oxygens (including phenoxy) is 2. The first-order chi connectivity index (χ1) is 18.3. The van der Waals surface area contributed by atoms with Gasteiger partial charge in [-0.05, 0) is 43.2 Å². The number of anilines is 1. The number of Topliss-reactive ketones (excluding diaryl/α,β-unsaturated/α-hetero) is 2. The summed E-state index contributed by atoms with van der Waals surface area (Å²) >= 11 is 1.03. The van der Waals surface area contributed by atoms with Crippen molar-refractivity contribution in [1.29, 1.82) is 0 Å². The van der Waals surface area contributed by atoms with E-state index in [1.54, 1.807) is 37.3 Å². The normalized spacial score (nSPS) is 16.6. The van der Waals surface area contributed by atoms with E-state index in [4.69, 9.17) is 9.47 Å². The van der Waals surface area contributed by atoms with E-state index in [9.17, 15) is 19.5 Å². The quantitative estimate of drug-likeness (QED) is 0.123. The molecule has 38 heavy (non-hydrogen) atoms. The summed E-state index contributed by atoms with van der Waals surface area (Å²) in [6.45, 7) is 5.73. The first-order valence-corrected chi connectivity index (χ1v) is 13.1. The monoisotopic (exact) mass is 535 g/mol. The van der Waals surface area contributed by atoms with E-state index < -0.39 is 17.7 Å². The Morgan fingerprint density at radius 2 is 1.87 bits per heavy atom. The van der Waals surface area contributed by atoms with Gasteiger partial charge in [-0.25, -0.2) is 4.98 Å². The van der Waals surface area contributed by atoms with Gasteiger partial charge >= 0.3 is 5.91 Å². The van der Waals surface area contributed by atoms with E-state index in [1.807, 2.05) is 0 Å². The molecule has 198 valence electrons. The number of nitrogens with zero attached hydrogens (tertiary/aromatic N) is 3. The molecule has 0 radical (unpaired) electrons. The molecule has 10 heteroatoms. The average molecular weight is 536 g/mol. The first kappa shape index (κ1) is 27.0. The van der Waals surface area contributed by atoms with Crippen LogP contribution in [0.3, 0.4) is 0 Å². The van der Waals surface area contributed by atoms with Gasteiger partial charge in [-0.1, -0.05) is 37.2 Å². The van der Waals surface area contributed by atoms with Crippen LogP contribution in [0.2, 0.25) is 0 Å². The Morgan fingerprint density at radius 3 is 2.50 bits per heavy atom. The third-order valence-corrected chi connectivity index (χ3v) is 7.48. The van der Waals surface area contributed by atoms with E-state index in [-0.39, 0.29) is 22.2 Å². The third kappa shape index (κ3) is 5.17. The number of aliphatic hydroxyl groups excluding tert-OH is 1. The molecule has 4 rings (SSSR count). The van der Waals surface area contributed by atoms with Crippen molar-refractivity contribution in [2.24, 2.45) is 0 Å². The molecule has 0 saturated carbocycles. The van der Waals surface area contributed by atoms with Gasteiger partial charge in [0.05, 0.1) is 35.9 Å². The third-order valence-electron chi connectivity index (χ3n) is 6.22. The molecule has 1 fully saturated rings. The van der Waals surface area contributed by atoms with Crippen LogP contribution in [-0.2, 0) is 9.59 Å². The van der Waals surface area contributed by atoms with E-state index in [1.165, 1.54) is 31.3 Å². The Morgan fingerprint density at radius 1 is 1.13 bits per heavy atom. The maximum atomic E-state index is 13.4. The molecule has 1 aromatic carbocycles. The summed E-state index contributed by atoms with van der Waals surface area (Å²) in [5.41, 5.74) is 1.21. The lowest BCUT2D eigenvalue weighted by Crippen LogP contribution is -2.29. The zero-order chi connectivity index (χ0) is 27.4. The van der Waals surface area contributed by atoms with Crippen molar-refractivity contribution >= 4 is 39.7 Å². The zero-order valence-corrected chi connectivity index (χ0v) is 22.5. The minimum Gasteiger partial charge on any atom is -0.507 e. The molecule has 1 saturated heterocycles. The molecular weight excluding hydrogens is 506 g/mol. The molecule has 1 unspecified atom stereocenters. The topological polar surface area (TPSA) is 119 Å². The van der Waals surface area contributed by atoms with Gasteiger partial charge in [-0.2, -0.15) is 0 Å². The summed E-state index contributed by atoms with van der Waals surface area (Å²) in [7, 11) is 1.51. The lowest BCUT2D eigenvalue weighted by atomic mass is 9.95. The SMILES string of the molecule is CCCCCOc1ccc(C2C(=C(O)c3ccncc3)C(=O)C(=O)N2c2nc(C)c(C(C)=O)s2)cc1OC. The summed E-state index contributed by atoms with van der Waals surface area (Å²) in [5.74, 6) is -1.29. The number of aliphatic hydroxyl groups is 1. The van der Waals surface area contributed by atoms with Crippen molar-refractivity contribution in [1.82, 2.24) is 9.97 Å². The van der Waals surface area contributed by atoms with Gasteiger partial charge in [0, 0.05) is 24.9 Å². The molecule has 0 bridgehead atoms. The Labute approximate surface area is 224 Å². The van der Waals surface area contributed by atoms with Crippen molar-refractivity contribution in [2.45, 2.75) is 46.1 Å². The lowest BCUT2D eigenvalue weighted by molar-refractivity contribution is -0.132. The van der Waals surface area contributed by atoms with Crippen LogP contribution in [0, 0.1) is 6.92 Å². The Kier molecular flexibility index (Phi) is 8.21. The fraction of sp³-hybridized carbons (Fsp3) is 0.321. The maximum absolute atomic E-state index is 13.4. The molecule has 3 aromatic rings. The van der Waals surface area contributed by atoms with Crippen LogP contribution in [0.1, 0.15) is 65.6 Å². The van der Waals surface area contributed by atoms with Crippen molar-refractivity contribution < 1.29 is 29.0 Å². The van der Waals surface area contributed by atoms with Gasteiger partial charge in [0.15, 0.2) is 22.4 Å². The standard InChI is InChI=1S/C28H29N3O6S/c1-5-6-7-14-37-20-9-8-19(15-21(20)36-4)23-22(24(33)18-10-12-29-13-11-18)25(34)27(35)31(23)28-30-16(2)26(38-28)17(3)32/h8-13,15,23,33H,5-7,14H2,1-4H3. The molecule has 1 amide bonds. The van der Waals surface area contributed by atoms with E-state index in [2.05, 4.69) is 16.9 Å². The molecule has 0 spiro atoms. The predicted molar refractivity (Wildman–Crippen MR) is 144 cm³/mol. The van der Waals surface area contributed by atoms with Gasteiger partial charge in [-0.15, -0.1) is 0 Å². The van der Waals surface area contributed by atoms with E-state index in [0.717, 1.165) is 30.6 Å². The van der Waals surface area contributed by atoms with Crippen LogP contribution in [0.4, 0.5) is 5.13 Å². The number of hydrogen-bond donors (Lipinski definition) is 1. The van der Waals surface area contributed by atoms with Crippen LogP contribution < -0.4 is 14.4 Å². The summed E-state index contributed by atoms with van der Waals surface area (Å²) in [6, 6.07) is 7.22. The Hall–Kier alpha value is -4.05. The number of thiazole rings is 1. The first-order valence-electron chi connectivity index (χ1n) is 12.3. The van der Waals surface area contributed by atoms with Crippen molar-refractivity contribution in [3.63, 3.8) is 0 Å². The number of carbonyl (C=O) groups excluding carboxylic acids is 3. The van der Waals surface area contributed by atoms with Crippen LogP contribution in [0.5, 0.6) is 11.5 Å². The summed E-state index contributed by atoms with van der Waals surface area (Å²) in [4.78, 5) is 48.9. The van der Waals surface area contributed by atoms with Crippen molar-refractivity contribution in [2.75, 3.05) is 18.6 Å². The minimum absolute atomic E-state index is 0.0999. The number of benzene rings is 1. The number of ketones is 2. The lowest BCUT2D eigenvalue weighted by Gasteiger charge is -2.24. The minimum atomic E-state index is -1.02. The molecule has 3 heterocycles. The van der Waals surface area contributed by atoms with Gasteiger partial charge in [-0.3, -0.25) is 24.3 Å². The van der Waals surface area contributed by atoms with Gasteiger partial charge in [0.25, 0.3) is 5.78 Å². The highest BCUT2D eigenvalue weighted by Crippen LogP contribution is 2.45. The fourth-order valence-corrected chi connectivity index (χ4v) is 5.32. The number of rotatable bonds is 10. The Bertz CT molecular complexity index is 1400. The van der Waals surface area contributed by atoms with Crippen LogP contribution >= 0.6 is 11.3 Å². The fourth-order valence-electron chi connectivity index (χ4n) is 4.33. The molecule has 1 N–H and O–H groups in total. The number of amides is 1. The van der Waals surface area contributed by atoms with Crippen molar-refractivity contribution in [3.05, 3.63) is 70.0 Å². The molecule has 1 atom stereocenters. The van der Waals surface area contributed by atoms with E-state index >= 15 is 0 Å². The smallest absolute Gasteiger partial charge is 0.301 e. The van der Waals surface area contributed by atoms with Gasteiger partial charge in [0.2, 0.25) is 0 Å². The second-order valence-corrected chi connectivity index (χ2v) is 9.82. The number of aromatic nitrogens is 2.